The lowest BCUT2D eigenvalue weighted by Gasteiger charge is -2.51. The SMILES string of the molecule is C=CCC12CCC(CCC)(CC(C)C1)C2C(C)[CH+]C. The largest absolute Gasteiger partial charge is 0.103 e. The Hall–Kier alpha value is -0.390. The van der Waals surface area contributed by atoms with Gasteiger partial charge in [-0.1, -0.05) is 26.3 Å². The first-order valence-electron chi connectivity index (χ1n) is 8.44. The minimum Gasteiger partial charge on any atom is -0.103 e. The third-order valence-electron chi connectivity index (χ3n) is 6.30. The summed E-state index contributed by atoms with van der Waals surface area (Å²) in [7, 11) is 0. The average molecular weight is 261 g/mol. The Morgan fingerprint density at radius 3 is 2.53 bits per heavy atom. The molecule has 2 aliphatic carbocycles. The second-order valence-corrected chi connectivity index (χ2v) is 7.65. The topological polar surface area (TPSA) is 0 Å². The number of hydrogen-bond donors (Lipinski definition) is 0. The van der Waals surface area contributed by atoms with Crippen LogP contribution in [0, 0.1) is 35.0 Å². The van der Waals surface area contributed by atoms with Gasteiger partial charge in [-0.05, 0) is 62.2 Å². The standard InChI is InChI=1S/C19H33/c1-6-9-18-11-12-19(10-7-2,14-15(4)13-18)17(18)16(5)8-3/h6,8,15-17H,1,7,9-14H2,2-5H3/q+1. The third-order valence-corrected chi connectivity index (χ3v) is 6.30. The highest BCUT2D eigenvalue weighted by molar-refractivity contribution is 5.12. The summed E-state index contributed by atoms with van der Waals surface area (Å²) in [4.78, 5) is 0. The minimum atomic E-state index is 0.570. The lowest BCUT2D eigenvalue weighted by atomic mass is 9.52. The van der Waals surface area contributed by atoms with E-state index in [2.05, 4.69) is 46.8 Å². The predicted molar refractivity (Wildman–Crippen MR) is 84.8 cm³/mol. The summed E-state index contributed by atoms with van der Waals surface area (Å²) in [6.07, 6.45) is 14.5. The van der Waals surface area contributed by atoms with Gasteiger partial charge in [0.05, 0.1) is 19.3 Å². The highest BCUT2D eigenvalue weighted by Crippen LogP contribution is 2.69. The van der Waals surface area contributed by atoms with Gasteiger partial charge in [0, 0.05) is 5.92 Å². The van der Waals surface area contributed by atoms with Gasteiger partial charge < -0.3 is 0 Å². The van der Waals surface area contributed by atoms with Crippen LogP contribution >= 0.6 is 0 Å². The van der Waals surface area contributed by atoms with Crippen LogP contribution in [0.1, 0.15) is 72.6 Å². The Balaban J connectivity index is 2.38. The quantitative estimate of drug-likeness (QED) is 0.404. The molecule has 0 aromatic rings. The van der Waals surface area contributed by atoms with Crippen LogP contribution in [0.4, 0.5) is 0 Å². The van der Waals surface area contributed by atoms with E-state index < -0.39 is 0 Å². The molecule has 0 aliphatic heterocycles. The first-order chi connectivity index (χ1) is 9.03. The lowest BCUT2D eigenvalue weighted by Crippen LogP contribution is -2.45. The monoisotopic (exact) mass is 261 g/mol. The van der Waals surface area contributed by atoms with E-state index in [0.717, 1.165) is 17.8 Å². The molecule has 2 rings (SSSR count). The molecule has 2 saturated carbocycles. The fourth-order valence-corrected chi connectivity index (χ4v) is 6.16. The van der Waals surface area contributed by atoms with Crippen molar-refractivity contribution in [3.8, 4) is 0 Å². The highest BCUT2D eigenvalue weighted by atomic mass is 14.6. The average Bonchev–Trinajstić information content (AvgIpc) is 2.55. The highest BCUT2D eigenvalue weighted by Gasteiger charge is 2.61. The molecule has 0 heteroatoms. The van der Waals surface area contributed by atoms with E-state index >= 15 is 0 Å². The zero-order valence-corrected chi connectivity index (χ0v) is 13.5. The molecule has 5 unspecified atom stereocenters. The second kappa shape index (κ2) is 5.54. The van der Waals surface area contributed by atoms with Crippen molar-refractivity contribution >= 4 is 0 Å². The number of allylic oxidation sites excluding steroid dienone is 1. The van der Waals surface area contributed by atoms with Crippen LogP contribution in [0.2, 0.25) is 0 Å². The van der Waals surface area contributed by atoms with Crippen LogP contribution in [0.3, 0.4) is 0 Å². The molecule has 2 fully saturated rings. The summed E-state index contributed by atoms with van der Waals surface area (Å²) in [5.41, 5.74) is 1.21. The molecule has 19 heavy (non-hydrogen) atoms. The zero-order chi connectivity index (χ0) is 14.1. The van der Waals surface area contributed by atoms with E-state index in [-0.39, 0.29) is 0 Å². The van der Waals surface area contributed by atoms with Gasteiger partial charge in [0.25, 0.3) is 0 Å². The number of hydrogen-bond acceptors (Lipinski definition) is 0. The van der Waals surface area contributed by atoms with Crippen molar-refractivity contribution in [2.75, 3.05) is 0 Å². The summed E-state index contributed by atoms with van der Waals surface area (Å²) >= 11 is 0. The minimum absolute atomic E-state index is 0.570. The second-order valence-electron chi connectivity index (χ2n) is 7.65. The van der Waals surface area contributed by atoms with Crippen molar-refractivity contribution in [3.63, 3.8) is 0 Å². The van der Waals surface area contributed by atoms with Crippen molar-refractivity contribution in [1.29, 1.82) is 0 Å². The summed E-state index contributed by atoms with van der Waals surface area (Å²) in [5.74, 6) is 2.58. The van der Waals surface area contributed by atoms with Gasteiger partial charge in [-0.25, -0.2) is 0 Å². The molecule has 0 N–H and O–H groups in total. The van der Waals surface area contributed by atoms with Crippen LogP contribution in [-0.2, 0) is 0 Å². The van der Waals surface area contributed by atoms with Gasteiger partial charge >= 0.3 is 0 Å². The molecule has 2 bridgehead atoms. The Kier molecular flexibility index (Phi) is 4.38. The maximum Gasteiger partial charge on any atom is 0.0985 e. The first kappa shape index (κ1) is 15.0. The molecule has 5 atom stereocenters. The van der Waals surface area contributed by atoms with Crippen LogP contribution in [0.15, 0.2) is 12.7 Å². The molecule has 0 aromatic heterocycles. The molecular formula is C19H33+. The van der Waals surface area contributed by atoms with Gasteiger partial charge in [0.15, 0.2) is 0 Å². The summed E-state index contributed by atoms with van der Waals surface area (Å²) in [6.45, 7) is 13.7. The Morgan fingerprint density at radius 1 is 1.32 bits per heavy atom. The Labute approximate surface area is 121 Å². The van der Waals surface area contributed by atoms with Gasteiger partial charge in [-0.2, -0.15) is 0 Å². The van der Waals surface area contributed by atoms with Crippen LogP contribution in [0.5, 0.6) is 0 Å². The van der Waals surface area contributed by atoms with E-state index in [0.29, 0.717) is 10.8 Å². The molecule has 0 nitrogen and oxygen atoms in total. The van der Waals surface area contributed by atoms with Crippen molar-refractivity contribution in [2.45, 2.75) is 72.6 Å². The van der Waals surface area contributed by atoms with Crippen molar-refractivity contribution in [3.05, 3.63) is 19.1 Å². The maximum atomic E-state index is 4.07. The number of rotatable bonds is 6. The van der Waals surface area contributed by atoms with Crippen LogP contribution < -0.4 is 0 Å². The summed E-state index contributed by atoms with van der Waals surface area (Å²) in [6, 6.07) is 0. The third kappa shape index (κ3) is 2.36. The molecule has 0 saturated heterocycles. The van der Waals surface area contributed by atoms with Crippen molar-refractivity contribution < 1.29 is 0 Å². The first-order valence-corrected chi connectivity index (χ1v) is 8.44. The molecule has 0 radical (unpaired) electrons. The van der Waals surface area contributed by atoms with Gasteiger partial charge in [-0.15, -0.1) is 6.58 Å². The molecule has 2 aliphatic rings. The van der Waals surface area contributed by atoms with Crippen molar-refractivity contribution in [1.82, 2.24) is 0 Å². The van der Waals surface area contributed by atoms with Crippen LogP contribution in [-0.4, -0.2) is 0 Å². The zero-order valence-electron chi connectivity index (χ0n) is 13.5. The normalized spacial score (nSPS) is 42.9. The molecular weight excluding hydrogens is 228 g/mol. The lowest BCUT2D eigenvalue weighted by molar-refractivity contribution is -0.0237. The Morgan fingerprint density at radius 2 is 1.95 bits per heavy atom. The Bertz CT molecular complexity index is 318. The smallest absolute Gasteiger partial charge is 0.0985 e. The maximum absolute atomic E-state index is 4.07. The summed E-state index contributed by atoms with van der Waals surface area (Å²) < 4.78 is 0. The van der Waals surface area contributed by atoms with Crippen LogP contribution in [0.25, 0.3) is 0 Å². The number of fused-ring (bicyclic) bond motifs is 2. The fraction of sp³-hybridized carbons (Fsp3) is 0.842. The molecule has 0 spiro atoms. The molecule has 0 aromatic carbocycles. The van der Waals surface area contributed by atoms with E-state index in [1.54, 1.807) is 0 Å². The van der Waals surface area contributed by atoms with Gasteiger partial charge in [-0.3, -0.25) is 0 Å². The van der Waals surface area contributed by atoms with E-state index in [1.807, 2.05) is 0 Å². The molecule has 0 heterocycles. The van der Waals surface area contributed by atoms with E-state index in [4.69, 9.17) is 0 Å². The molecule has 108 valence electrons. The predicted octanol–water partition coefficient (Wildman–Crippen LogP) is 6.04. The van der Waals surface area contributed by atoms with E-state index in [1.165, 1.54) is 44.9 Å². The molecule has 0 amide bonds. The van der Waals surface area contributed by atoms with Crippen molar-refractivity contribution in [2.24, 2.45) is 28.6 Å². The van der Waals surface area contributed by atoms with E-state index in [9.17, 15) is 0 Å². The summed E-state index contributed by atoms with van der Waals surface area (Å²) in [5, 5.41) is 0. The van der Waals surface area contributed by atoms with Gasteiger partial charge in [0.2, 0.25) is 0 Å². The fourth-order valence-electron chi connectivity index (χ4n) is 6.16. The van der Waals surface area contributed by atoms with Gasteiger partial charge in [0.1, 0.15) is 0 Å².